The molecule has 8 heteroatoms. The van der Waals surface area contributed by atoms with Crippen LogP contribution in [0.4, 0.5) is 0 Å². The topological polar surface area (TPSA) is 109 Å². The lowest BCUT2D eigenvalue weighted by molar-refractivity contribution is -0.117. The molecule has 2 aromatic carbocycles. The Kier molecular flexibility index (Phi) is 11.5. The number of nitrogens with two attached hydrogens (primary N) is 1. The molecule has 0 saturated heterocycles. The molecule has 5 N–H and O–H groups in total. The first kappa shape index (κ1) is 25.4. The van der Waals surface area contributed by atoms with Crippen molar-refractivity contribution >= 4 is 41.8 Å². The van der Waals surface area contributed by atoms with Gasteiger partial charge in [0.1, 0.15) is 0 Å². The van der Waals surface area contributed by atoms with Gasteiger partial charge in [0.15, 0.2) is 5.96 Å². The van der Waals surface area contributed by atoms with E-state index in [0.29, 0.717) is 12.1 Å². The summed E-state index contributed by atoms with van der Waals surface area (Å²) in [5, 5.41) is 9.14. The molecule has 0 heterocycles. The van der Waals surface area contributed by atoms with Crippen molar-refractivity contribution in [2.75, 3.05) is 13.6 Å². The molecule has 7 nitrogen and oxygen atoms in total. The molecule has 0 aliphatic carbocycles. The number of amides is 2. The highest BCUT2D eigenvalue weighted by molar-refractivity contribution is 14.0. The number of halogens is 1. The maximum absolute atomic E-state index is 11.9. The maximum Gasteiger partial charge on any atom is 0.251 e. The van der Waals surface area contributed by atoms with Gasteiger partial charge in [-0.05, 0) is 43.0 Å². The minimum atomic E-state index is -0.573. The summed E-state index contributed by atoms with van der Waals surface area (Å²) in [5.41, 5.74) is 7.84. The minimum Gasteiger partial charge on any atom is -0.368 e. The van der Waals surface area contributed by atoms with Crippen LogP contribution in [0.5, 0.6) is 0 Å². The van der Waals surface area contributed by atoms with Gasteiger partial charge in [-0.1, -0.05) is 42.5 Å². The molecule has 1 unspecified atom stereocenters. The third kappa shape index (κ3) is 9.25. The van der Waals surface area contributed by atoms with E-state index in [9.17, 15) is 9.59 Å². The van der Waals surface area contributed by atoms with Gasteiger partial charge < -0.3 is 21.7 Å². The SMILES string of the molecule is CN=C(NCc1ccc(C(=O)NCC(N)=O)cc1)NC(C)CCc1ccccc1.I. The minimum absolute atomic E-state index is 0. The van der Waals surface area contributed by atoms with Crippen LogP contribution in [0.15, 0.2) is 59.6 Å². The summed E-state index contributed by atoms with van der Waals surface area (Å²) in [6, 6.07) is 17.8. The average molecular weight is 523 g/mol. The van der Waals surface area contributed by atoms with Gasteiger partial charge in [-0.25, -0.2) is 0 Å². The van der Waals surface area contributed by atoms with Crippen molar-refractivity contribution in [2.24, 2.45) is 10.7 Å². The zero-order valence-electron chi connectivity index (χ0n) is 17.4. The number of aliphatic imine (C=N–C) groups is 1. The van der Waals surface area contributed by atoms with Crippen molar-refractivity contribution in [1.82, 2.24) is 16.0 Å². The van der Waals surface area contributed by atoms with E-state index >= 15 is 0 Å². The number of hydrogen-bond acceptors (Lipinski definition) is 3. The van der Waals surface area contributed by atoms with E-state index in [1.807, 2.05) is 18.2 Å². The molecule has 0 aliphatic rings. The molecule has 2 aromatic rings. The van der Waals surface area contributed by atoms with Crippen LogP contribution in [0.2, 0.25) is 0 Å². The normalized spacial score (nSPS) is 11.7. The van der Waals surface area contributed by atoms with E-state index in [0.717, 1.165) is 24.4 Å². The van der Waals surface area contributed by atoms with Gasteiger partial charge in [0.25, 0.3) is 5.91 Å². The second-order valence-electron chi connectivity index (χ2n) is 6.84. The van der Waals surface area contributed by atoms with E-state index in [2.05, 4.69) is 52.1 Å². The molecule has 0 radical (unpaired) electrons. The summed E-state index contributed by atoms with van der Waals surface area (Å²) in [5.74, 6) is -0.169. The first-order valence-corrected chi connectivity index (χ1v) is 9.64. The van der Waals surface area contributed by atoms with Crippen LogP contribution >= 0.6 is 24.0 Å². The first-order chi connectivity index (χ1) is 14.0. The van der Waals surface area contributed by atoms with Crippen molar-refractivity contribution in [3.05, 3.63) is 71.3 Å². The summed E-state index contributed by atoms with van der Waals surface area (Å²) >= 11 is 0. The third-order valence-corrected chi connectivity index (χ3v) is 4.41. The highest BCUT2D eigenvalue weighted by Crippen LogP contribution is 2.06. The van der Waals surface area contributed by atoms with Gasteiger partial charge in [-0.3, -0.25) is 14.6 Å². The third-order valence-electron chi connectivity index (χ3n) is 4.41. The fourth-order valence-electron chi connectivity index (χ4n) is 2.76. The molecular formula is C22H30IN5O2. The van der Waals surface area contributed by atoms with Crippen molar-refractivity contribution in [3.63, 3.8) is 0 Å². The van der Waals surface area contributed by atoms with Crippen molar-refractivity contribution in [1.29, 1.82) is 0 Å². The molecular weight excluding hydrogens is 493 g/mol. The lowest BCUT2D eigenvalue weighted by Gasteiger charge is -2.18. The van der Waals surface area contributed by atoms with Gasteiger partial charge >= 0.3 is 0 Å². The Morgan fingerprint density at radius 3 is 2.27 bits per heavy atom. The van der Waals surface area contributed by atoms with Gasteiger partial charge in [-0.15, -0.1) is 24.0 Å². The maximum atomic E-state index is 11.9. The number of benzene rings is 2. The number of aryl methyl sites for hydroxylation is 1. The number of hydrogen-bond donors (Lipinski definition) is 4. The molecule has 1 atom stereocenters. The Balaban J connectivity index is 0.00000450. The van der Waals surface area contributed by atoms with Crippen LogP contribution in [-0.4, -0.2) is 37.4 Å². The largest absolute Gasteiger partial charge is 0.368 e. The molecule has 0 fully saturated rings. The predicted molar refractivity (Wildman–Crippen MR) is 131 cm³/mol. The molecule has 162 valence electrons. The van der Waals surface area contributed by atoms with E-state index in [1.165, 1.54) is 5.56 Å². The van der Waals surface area contributed by atoms with Crippen LogP contribution < -0.4 is 21.7 Å². The van der Waals surface area contributed by atoms with Crippen molar-refractivity contribution < 1.29 is 9.59 Å². The molecule has 0 aliphatic heterocycles. The zero-order valence-corrected chi connectivity index (χ0v) is 19.7. The second-order valence-corrected chi connectivity index (χ2v) is 6.84. The summed E-state index contributed by atoms with van der Waals surface area (Å²) in [6.07, 6.45) is 2.01. The fourth-order valence-corrected chi connectivity index (χ4v) is 2.76. The van der Waals surface area contributed by atoms with Gasteiger partial charge in [0.2, 0.25) is 5.91 Å². The predicted octanol–water partition coefficient (Wildman–Crippen LogP) is 2.21. The Morgan fingerprint density at radius 2 is 1.67 bits per heavy atom. The van der Waals surface area contributed by atoms with Crippen LogP contribution in [0, 0.1) is 0 Å². The Morgan fingerprint density at radius 1 is 1.00 bits per heavy atom. The Hall–Kier alpha value is -2.62. The van der Waals surface area contributed by atoms with Gasteiger partial charge in [-0.2, -0.15) is 0 Å². The lowest BCUT2D eigenvalue weighted by Crippen LogP contribution is -2.42. The number of nitrogens with one attached hydrogen (secondary N) is 3. The molecule has 2 rings (SSSR count). The molecule has 0 spiro atoms. The highest BCUT2D eigenvalue weighted by Gasteiger charge is 2.08. The van der Waals surface area contributed by atoms with Gasteiger partial charge in [0.05, 0.1) is 6.54 Å². The van der Waals surface area contributed by atoms with Crippen LogP contribution in [0.3, 0.4) is 0 Å². The van der Waals surface area contributed by atoms with E-state index in [-0.39, 0.29) is 42.5 Å². The van der Waals surface area contributed by atoms with Crippen LogP contribution in [0.1, 0.15) is 34.8 Å². The zero-order chi connectivity index (χ0) is 21.1. The number of rotatable bonds is 9. The average Bonchev–Trinajstić information content (AvgIpc) is 2.74. The van der Waals surface area contributed by atoms with Crippen molar-refractivity contribution in [2.45, 2.75) is 32.4 Å². The van der Waals surface area contributed by atoms with E-state index < -0.39 is 5.91 Å². The quantitative estimate of drug-likeness (QED) is 0.230. The molecule has 0 saturated carbocycles. The second kappa shape index (κ2) is 13.6. The lowest BCUT2D eigenvalue weighted by atomic mass is 10.1. The Labute approximate surface area is 194 Å². The molecule has 0 aromatic heterocycles. The first-order valence-electron chi connectivity index (χ1n) is 9.64. The molecule has 30 heavy (non-hydrogen) atoms. The molecule has 2 amide bonds. The smallest absolute Gasteiger partial charge is 0.251 e. The fraction of sp³-hybridized carbons (Fsp3) is 0.318. The number of primary amides is 1. The summed E-state index contributed by atoms with van der Waals surface area (Å²) in [4.78, 5) is 26.9. The summed E-state index contributed by atoms with van der Waals surface area (Å²) in [7, 11) is 1.74. The van der Waals surface area contributed by atoms with Crippen molar-refractivity contribution in [3.8, 4) is 0 Å². The number of carbonyl (C=O) groups is 2. The van der Waals surface area contributed by atoms with E-state index in [4.69, 9.17) is 5.73 Å². The van der Waals surface area contributed by atoms with Crippen LogP contribution in [-0.2, 0) is 17.8 Å². The number of nitrogens with zero attached hydrogens (tertiary/aromatic N) is 1. The summed E-state index contributed by atoms with van der Waals surface area (Å²) < 4.78 is 0. The standard InChI is InChI=1S/C22H29N5O2.HI/c1-16(8-9-17-6-4-3-5-7-17)27-22(24-2)26-14-18-10-12-19(13-11-18)21(29)25-15-20(23)28;/h3-7,10-13,16H,8-9,14-15H2,1-2H3,(H2,23,28)(H,25,29)(H2,24,26,27);1H. The van der Waals surface area contributed by atoms with Gasteiger partial charge in [0, 0.05) is 25.2 Å². The Bertz CT molecular complexity index is 825. The number of guanidine groups is 1. The highest BCUT2D eigenvalue weighted by atomic mass is 127. The van der Waals surface area contributed by atoms with Crippen LogP contribution in [0.25, 0.3) is 0 Å². The monoisotopic (exact) mass is 523 g/mol. The van der Waals surface area contributed by atoms with E-state index in [1.54, 1.807) is 19.2 Å². The molecule has 0 bridgehead atoms. The summed E-state index contributed by atoms with van der Waals surface area (Å²) in [6.45, 7) is 2.54. The number of carbonyl (C=O) groups excluding carboxylic acids is 2.